The molecule has 0 N–H and O–H groups in total. The van der Waals surface area contributed by atoms with Crippen molar-refractivity contribution in [3.63, 3.8) is 0 Å². The van der Waals surface area contributed by atoms with Crippen molar-refractivity contribution in [2.75, 3.05) is 5.75 Å². The predicted molar refractivity (Wildman–Crippen MR) is 109 cm³/mol. The van der Waals surface area contributed by atoms with Crippen molar-refractivity contribution in [3.05, 3.63) is 35.7 Å². The third-order valence-electron chi connectivity index (χ3n) is 5.43. The SMILES string of the molecule is CCSc1cc(C2CCCC2)cnc1-c1nc2cc(C(C)(F)F)cnc2n1C. The van der Waals surface area contributed by atoms with Crippen LogP contribution in [0.15, 0.2) is 29.4 Å². The van der Waals surface area contributed by atoms with Crippen LogP contribution in [-0.2, 0) is 13.0 Å². The molecule has 3 heterocycles. The van der Waals surface area contributed by atoms with Crippen LogP contribution < -0.4 is 0 Å². The second-order valence-corrected chi connectivity index (χ2v) is 8.79. The van der Waals surface area contributed by atoms with E-state index in [1.54, 1.807) is 11.8 Å². The maximum atomic E-state index is 13.7. The Morgan fingerprint density at radius 1 is 1.18 bits per heavy atom. The largest absolute Gasteiger partial charge is 0.310 e. The molecule has 3 aromatic rings. The standard InChI is InChI=1S/C21H24F2N4S/c1-4-28-17-9-14(13-7-5-6-8-13)11-24-18(17)20-26-16-10-15(21(2,22)23)12-25-19(16)27(20)3/h9-13H,4-8H2,1-3H3. The van der Waals surface area contributed by atoms with Crippen molar-refractivity contribution in [1.29, 1.82) is 0 Å². The lowest BCUT2D eigenvalue weighted by Gasteiger charge is -2.13. The summed E-state index contributed by atoms with van der Waals surface area (Å²) in [5.74, 6) is -0.761. The van der Waals surface area contributed by atoms with Crippen molar-refractivity contribution in [3.8, 4) is 11.5 Å². The fraction of sp³-hybridized carbons (Fsp3) is 0.476. The minimum absolute atomic E-state index is 0.127. The summed E-state index contributed by atoms with van der Waals surface area (Å²) in [4.78, 5) is 14.7. The van der Waals surface area contributed by atoms with Crippen molar-refractivity contribution in [2.24, 2.45) is 7.05 Å². The second kappa shape index (κ2) is 7.43. The summed E-state index contributed by atoms with van der Waals surface area (Å²) in [5, 5.41) is 0. The average molecular weight is 403 g/mol. The van der Waals surface area contributed by atoms with Gasteiger partial charge in [0.15, 0.2) is 11.5 Å². The fourth-order valence-corrected chi connectivity index (χ4v) is 4.71. The van der Waals surface area contributed by atoms with Gasteiger partial charge < -0.3 is 4.57 Å². The number of hydrogen-bond donors (Lipinski definition) is 0. The molecule has 0 amide bonds. The van der Waals surface area contributed by atoms with Crippen molar-refractivity contribution < 1.29 is 8.78 Å². The van der Waals surface area contributed by atoms with Gasteiger partial charge in [-0.2, -0.15) is 0 Å². The molecule has 4 rings (SSSR count). The maximum absolute atomic E-state index is 13.7. The number of alkyl halides is 2. The number of hydrogen-bond acceptors (Lipinski definition) is 4. The van der Waals surface area contributed by atoms with Gasteiger partial charge >= 0.3 is 0 Å². The first kappa shape index (κ1) is 19.3. The van der Waals surface area contributed by atoms with Crippen molar-refractivity contribution >= 4 is 22.9 Å². The highest BCUT2D eigenvalue weighted by Gasteiger charge is 2.27. The van der Waals surface area contributed by atoms with Gasteiger partial charge in [0.1, 0.15) is 11.2 Å². The number of nitrogens with zero attached hydrogens (tertiary/aromatic N) is 4. The van der Waals surface area contributed by atoms with E-state index < -0.39 is 5.92 Å². The van der Waals surface area contributed by atoms with Gasteiger partial charge in [0.05, 0.1) is 0 Å². The first-order chi connectivity index (χ1) is 13.4. The Morgan fingerprint density at radius 3 is 2.61 bits per heavy atom. The van der Waals surface area contributed by atoms with E-state index in [9.17, 15) is 8.78 Å². The summed E-state index contributed by atoms with van der Waals surface area (Å²) in [6.45, 7) is 2.99. The number of aryl methyl sites for hydroxylation is 1. The highest BCUT2D eigenvalue weighted by atomic mass is 32.2. The van der Waals surface area contributed by atoms with Gasteiger partial charge in [-0.15, -0.1) is 11.8 Å². The van der Waals surface area contributed by atoms with E-state index in [0.29, 0.717) is 22.9 Å². The summed E-state index contributed by atoms with van der Waals surface area (Å²) in [5.41, 5.74) is 3.00. The Balaban J connectivity index is 1.81. The predicted octanol–water partition coefficient (Wildman–Crippen LogP) is 5.91. The maximum Gasteiger partial charge on any atom is 0.272 e. The molecule has 7 heteroatoms. The lowest BCUT2D eigenvalue weighted by Crippen LogP contribution is -2.07. The Kier molecular flexibility index (Phi) is 5.12. The molecule has 1 fully saturated rings. The molecule has 0 aromatic carbocycles. The molecule has 4 nitrogen and oxygen atoms in total. The number of thioether (sulfide) groups is 1. The first-order valence-corrected chi connectivity index (χ1v) is 10.7. The van der Waals surface area contributed by atoms with Crippen molar-refractivity contribution in [1.82, 2.24) is 19.5 Å². The second-order valence-electron chi connectivity index (χ2n) is 7.48. The topological polar surface area (TPSA) is 43.6 Å². The van der Waals surface area contributed by atoms with Crippen LogP contribution in [0.5, 0.6) is 0 Å². The molecule has 1 saturated carbocycles. The molecule has 0 bridgehead atoms. The molecule has 28 heavy (non-hydrogen) atoms. The van der Waals surface area contributed by atoms with E-state index in [-0.39, 0.29) is 5.56 Å². The molecule has 0 radical (unpaired) electrons. The molecule has 3 aromatic heterocycles. The zero-order chi connectivity index (χ0) is 19.9. The van der Waals surface area contributed by atoms with Gasteiger partial charge in [0.2, 0.25) is 0 Å². The molecule has 0 aliphatic heterocycles. The quantitative estimate of drug-likeness (QED) is 0.498. The lowest BCUT2D eigenvalue weighted by atomic mass is 9.99. The van der Waals surface area contributed by atoms with Gasteiger partial charge in [-0.05, 0) is 42.2 Å². The van der Waals surface area contributed by atoms with Crippen LogP contribution in [-0.4, -0.2) is 25.3 Å². The van der Waals surface area contributed by atoms with E-state index in [4.69, 9.17) is 4.98 Å². The van der Waals surface area contributed by atoms with Gasteiger partial charge in [-0.25, -0.2) is 18.7 Å². The zero-order valence-corrected chi connectivity index (χ0v) is 17.2. The number of imidazole rings is 1. The monoisotopic (exact) mass is 402 g/mol. The van der Waals surface area contributed by atoms with E-state index in [1.165, 1.54) is 43.5 Å². The summed E-state index contributed by atoms with van der Waals surface area (Å²) >= 11 is 1.74. The summed E-state index contributed by atoms with van der Waals surface area (Å²) in [7, 11) is 1.86. The molecular weight excluding hydrogens is 378 g/mol. The highest BCUT2D eigenvalue weighted by Crippen LogP contribution is 2.38. The fourth-order valence-electron chi connectivity index (χ4n) is 3.90. The molecule has 1 aliphatic carbocycles. The normalized spacial score (nSPS) is 15.6. The third kappa shape index (κ3) is 3.52. The van der Waals surface area contributed by atoms with Crippen LogP contribution in [0.4, 0.5) is 8.78 Å². The van der Waals surface area contributed by atoms with E-state index >= 15 is 0 Å². The van der Waals surface area contributed by atoms with Crippen LogP contribution in [0, 0.1) is 0 Å². The van der Waals surface area contributed by atoms with E-state index in [0.717, 1.165) is 23.3 Å². The number of rotatable bonds is 5. The minimum Gasteiger partial charge on any atom is -0.310 e. The molecule has 0 saturated heterocycles. The minimum atomic E-state index is -2.94. The zero-order valence-electron chi connectivity index (χ0n) is 16.4. The number of pyridine rings is 2. The molecule has 1 aliphatic rings. The van der Waals surface area contributed by atoms with Crippen molar-refractivity contribution in [2.45, 2.75) is 56.3 Å². The van der Waals surface area contributed by atoms with Crippen LogP contribution in [0.25, 0.3) is 22.7 Å². The Morgan fingerprint density at radius 2 is 1.93 bits per heavy atom. The van der Waals surface area contributed by atoms with Crippen LogP contribution in [0.1, 0.15) is 56.6 Å². The number of aromatic nitrogens is 4. The van der Waals surface area contributed by atoms with E-state index in [2.05, 4.69) is 23.0 Å². The number of halogens is 2. The van der Waals surface area contributed by atoms with Gasteiger partial charge in [0.25, 0.3) is 5.92 Å². The Hall–Kier alpha value is -2.02. The van der Waals surface area contributed by atoms with Crippen LogP contribution in [0.3, 0.4) is 0 Å². The van der Waals surface area contributed by atoms with E-state index in [1.807, 2.05) is 17.8 Å². The Bertz CT molecular complexity index is 1000. The summed E-state index contributed by atoms with van der Waals surface area (Å²) in [6.07, 6.45) is 8.20. The summed E-state index contributed by atoms with van der Waals surface area (Å²) in [6, 6.07) is 3.66. The van der Waals surface area contributed by atoms with Crippen LogP contribution in [0.2, 0.25) is 0 Å². The highest BCUT2D eigenvalue weighted by molar-refractivity contribution is 7.99. The van der Waals surface area contributed by atoms with Gasteiger partial charge in [0, 0.05) is 36.8 Å². The smallest absolute Gasteiger partial charge is 0.272 e. The van der Waals surface area contributed by atoms with Crippen LogP contribution >= 0.6 is 11.8 Å². The summed E-state index contributed by atoms with van der Waals surface area (Å²) < 4.78 is 29.2. The average Bonchev–Trinajstić information content (AvgIpc) is 3.30. The molecule has 0 atom stereocenters. The molecular formula is C21H24F2N4S. The lowest BCUT2D eigenvalue weighted by molar-refractivity contribution is 0.0172. The van der Waals surface area contributed by atoms with Gasteiger partial charge in [-0.3, -0.25) is 4.98 Å². The first-order valence-electron chi connectivity index (χ1n) is 9.72. The third-order valence-corrected chi connectivity index (χ3v) is 6.34. The molecule has 148 valence electrons. The van der Waals surface area contributed by atoms with Gasteiger partial charge in [-0.1, -0.05) is 19.8 Å². The molecule has 0 unspecified atom stereocenters. The number of fused-ring (bicyclic) bond motifs is 1. The molecule has 0 spiro atoms. The Labute approximate surface area is 167 Å².